The maximum absolute atomic E-state index is 12.1. The monoisotopic (exact) mass is 390 g/mol. The van der Waals surface area contributed by atoms with Crippen LogP contribution in [-0.4, -0.2) is 33.7 Å². The first-order chi connectivity index (χ1) is 14.3. The fraction of sp³-hybridized carbons (Fsp3) is 0.391. The molecule has 2 aliphatic rings. The molecule has 6 heteroatoms. The lowest BCUT2D eigenvalue weighted by Gasteiger charge is -2.32. The van der Waals surface area contributed by atoms with Crippen LogP contribution in [0, 0.1) is 5.92 Å². The third-order valence-electron chi connectivity index (χ3n) is 5.91. The summed E-state index contributed by atoms with van der Waals surface area (Å²) in [6.45, 7) is 2.97. The first-order valence-corrected chi connectivity index (χ1v) is 10.5. The van der Waals surface area contributed by atoms with Gasteiger partial charge in [0.25, 0.3) is 0 Å². The second kappa shape index (κ2) is 7.87. The van der Waals surface area contributed by atoms with Gasteiger partial charge >= 0.3 is 0 Å². The summed E-state index contributed by atoms with van der Waals surface area (Å²) in [7, 11) is 0. The van der Waals surface area contributed by atoms with Crippen LogP contribution in [0.3, 0.4) is 0 Å². The molecule has 1 saturated carbocycles. The number of carbonyl (C=O) groups is 1. The number of aromatic nitrogens is 2. The Balaban J connectivity index is 1.19. The molecule has 1 amide bonds. The van der Waals surface area contributed by atoms with Crippen molar-refractivity contribution in [3.63, 3.8) is 0 Å². The van der Waals surface area contributed by atoms with Crippen LogP contribution >= 0.6 is 0 Å². The van der Waals surface area contributed by atoms with E-state index >= 15 is 0 Å². The molecular formula is C23H26N4O2. The minimum Gasteiger partial charge on any atom is -0.464 e. The molecule has 0 spiro atoms. The van der Waals surface area contributed by atoms with Gasteiger partial charge in [-0.2, -0.15) is 5.10 Å². The number of nitrogens with one attached hydrogen (secondary N) is 1. The highest BCUT2D eigenvalue weighted by molar-refractivity contribution is 5.93. The van der Waals surface area contributed by atoms with Crippen LogP contribution in [-0.2, 0) is 11.3 Å². The molecule has 0 bridgehead atoms. The second-order valence-electron chi connectivity index (χ2n) is 8.11. The Kier molecular flexibility index (Phi) is 4.94. The summed E-state index contributed by atoms with van der Waals surface area (Å²) < 4.78 is 7.53. The molecule has 3 heterocycles. The molecule has 29 heavy (non-hydrogen) atoms. The Morgan fingerprint density at radius 2 is 1.97 bits per heavy atom. The van der Waals surface area contributed by atoms with E-state index in [1.165, 1.54) is 5.56 Å². The normalized spacial score (nSPS) is 18.1. The van der Waals surface area contributed by atoms with E-state index in [1.54, 1.807) is 12.5 Å². The Morgan fingerprint density at radius 3 is 2.72 bits per heavy atom. The molecule has 1 saturated heterocycles. The molecule has 1 aromatic carbocycles. The molecule has 2 fully saturated rings. The molecule has 0 unspecified atom stereocenters. The number of furan rings is 1. The lowest BCUT2D eigenvalue weighted by atomic mass is 10.0. The maximum Gasteiger partial charge on any atom is 0.228 e. The Bertz CT molecular complexity index is 966. The minimum absolute atomic E-state index is 0.139. The lowest BCUT2D eigenvalue weighted by Crippen LogP contribution is -2.35. The predicted octanol–water partition coefficient (Wildman–Crippen LogP) is 4.33. The number of likely N-dealkylation sites (tertiary alicyclic amines) is 1. The molecule has 1 aliphatic carbocycles. The number of nitrogens with zero attached hydrogens (tertiary/aromatic N) is 3. The molecule has 0 radical (unpaired) electrons. The third kappa shape index (κ3) is 4.12. The van der Waals surface area contributed by atoms with E-state index in [1.807, 2.05) is 22.9 Å². The van der Waals surface area contributed by atoms with E-state index in [-0.39, 0.29) is 11.8 Å². The van der Waals surface area contributed by atoms with Gasteiger partial charge in [0.1, 0.15) is 11.6 Å². The molecule has 3 aromatic rings. The third-order valence-corrected chi connectivity index (χ3v) is 5.91. The van der Waals surface area contributed by atoms with Crippen molar-refractivity contribution in [3.8, 4) is 11.3 Å². The first-order valence-electron chi connectivity index (χ1n) is 10.5. The van der Waals surface area contributed by atoms with Gasteiger partial charge in [-0.15, -0.1) is 0 Å². The van der Waals surface area contributed by atoms with Gasteiger partial charge in [-0.1, -0.05) is 18.2 Å². The Hall–Kier alpha value is -2.86. The Morgan fingerprint density at radius 1 is 1.10 bits per heavy atom. The number of carbonyl (C=O) groups excluding carboxylic acids is 1. The second-order valence-corrected chi connectivity index (χ2v) is 8.11. The topological polar surface area (TPSA) is 63.3 Å². The SMILES string of the molecule is O=C(Nc1ccnn1C1CCN(Cc2cccc(-c3ccco3)c2)CC1)C1CC1. The zero-order valence-corrected chi connectivity index (χ0v) is 16.5. The number of rotatable bonds is 6. The average molecular weight is 390 g/mol. The van der Waals surface area contributed by atoms with Crippen LogP contribution in [0.4, 0.5) is 5.82 Å². The zero-order chi connectivity index (χ0) is 19.6. The summed E-state index contributed by atoms with van der Waals surface area (Å²) in [4.78, 5) is 14.6. The van der Waals surface area contributed by atoms with E-state index < -0.39 is 0 Å². The van der Waals surface area contributed by atoms with Crippen LogP contribution in [0.15, 0.2) is 59.3 Å². The summed E-state index contributed by atoms with van der Waals surface area (Å²) >= 11 is 0. The van der Waals surface area contributed by atoms with E-state index in [9.17, 15) is 4.79 Å². The molecule has 1 N–H and O–H groups in total. The van der Waals surface area contributed by atoms with Crippen LogP contribution in [0.1, 0.15) is 37.3 Å². The summed E-state index contributed by atoms with van der Waals surface area (Å²) in [5.41, 5.74) is 2.42. The number of hydrogen-bond acceptors (Lipinski definition) is 4. The van der Waals surface area contributed by atoms with Gasteiger partial charge in [0, 0.05) is 37.2 Å². The summed E-state index contributed by atoms with van der Waals surface area (Å²) in [6.07, 6.45) is 7.59. The van der Waals surface area contributed by atoms with E-state index in [4.69, 9.17) is 4.42 Å². The molecular weight excluding hydrogens is 364 g/mol. The van der Waals surface area contributed by atoms with Crippen molar-refractivity contribution >= 4 is 11.7 Å². The smallest absolute Gasteiger partial charge is 0.228 e. The van der Waals surface area contributed by atoms with Gasteiger partial charge in [-0.25, -0.2) is 4.68 Å². The van der Waals surface area contributed by atoms with Crippen molar-refractivity contribution in [1.29, 1.82) is 0 Å². The summed E-state index contributed by atoms with van der Waals surface area (Å²) in [6, 6.07) is 14.7. The zero-order valence-electron chi connectivity index (χ0n) is 16.5. The van der Waals surface area contributed by atoms with Crippen LogP contribution < -0.4 is 5.32 Å². The van der Waals surface area contributed by atoms with Crippen molar-refractivity contribution < 1.29 is 9.21 Å². The number of amides is 1. The van der Waals surface area contributed by atoms with Gasteiger partial charge in [0.05, 0.1) is 18.5 Å². The molecule has 6 nitrogen and oxygen atoms in total. The van der Waals surface area contributed by atoms with Crippen LogP contribution in [0.5, 0.6) is 0 Å². The van der Waals surface area contributed by atoms with Crippen molar-refractivity contribution in [2.24, 2.45) is 5.92 Å². The van der Waals surface area contributed by atoms with Crippen molar-refractivity contribution in [3.05, 3.63) is 60.5 Å². The predicted molar refractivity (Wildman–Crippen MR) is 111 cm³/mol. The minimum atomic E-state index is 0.139. The number of anilines is 1. The standard InChI is InChI=1S/C23H26N4O2/c28-23(18-6-7-18)25-22-8-11-24-27(22)20-9-12-26(13-10-20)16-17-3-1-4-19(15-17)21-5-2-14-29-21/h1-5,8,11,14-15,18,20H,6-7,9-10,12-13,16H2,(H,25,28). The van der Waals surface area contributed by atoms with E-state index in [2.05, 4.69) is 39.6 Å². The molecule has 5 rings (SSSR count). The number of hydrogen-bond donors (Lipinski definition) is 1. The maximum atomic E-state index is 12.1. The van der Waals surface area contributed by atoms with Crippen molar-refractivity contribution in [2.45, 2.75) is 38.3 Å². The van der Waals surface area contributed by atoms with Gasteiger partial charge < -0.3 is 9.73 Å². The summed E-state index contributed by atoms with van der Waals surface area (Å²) in [5.74, 6) is 2.09. The molecule has 150 valence electrons. The van der Waals surface area contributed by atoms with Crippen LogP contribution in [0.2, 0.25) is 0 Å². The highest BCUT2D eigenvalue weighted by Crippen LogP contribution is 2.31. The number of piperidine rings is 1. The van der Waals surface area contributed by atoms with Gasteiger partial charge in [-0.3, -0.25) is 9.69 Å². The number of benzene rings is 1. The average Bonchev–Trinajstić information content (AvgIpc) is 3.26. The van der Waals surface area contributed by atoms with E-state index in [0.717, 1.165) is 62.5 Å². The summed E-state index contributed by atoms with van der Waals surface area (Å²) in [5, 5.41) is 7.55. The van der Waals surface area contributed by atoms with Gasteiger partial charge in [0.15, 0.2) is 0 Å². The molecule has 2 aromatic heterocycles. The van der Waals surface area contributed by atoms with Crippen molar-refractivity contribution in [2.75, 3.05) is 18.4 Å². The van der Waals surface area contributed by atoms with Gasteiger partial charge in [-0.05, 0) is 49.4 Å². The largest absolute Gasteiger partial charge is 0.464 e. The molecule has 1 aliphatic heterocycles. The fourth-order valence-electron chi connectivity index (χ4n) is 4.12. The lowest BCUT2D eigenvalue weighted by molar-refractivity contribution is -0.117. The van der Waals surface area contributed by atoms with Crippen LogP contribution in [0.25, 0.3) is 11.3 Å². The highest BCUT2D eigenvalue weighted by atomic mass is 16.3. The van der Waals surface area contributed by atoms with E-state index in [0.29, 0.717) is 6.04 Å². The highest BCUT2D eigenvalue weighted by Gasteiger charge is 2.31. The Labute approximate surface area is 170 Å². The first kappa shape index (κ1) is 18.2. The van der Waals surface area contributed by atoms with Crippen molar-refractivity contribution in [1.82, 2.24) is 14.7 Å². The fourth-order valence-corrected chi connectivity index (χ4v) is 4.12. The van der Waals surface area contributed by atoms with Gasteiger partial charge in [0.2, 0.25) is 5.91 Å². The quantitative estimate of drug-likeness (QED) is 0.680. The molecule has 0 atom stereocenters.